The SMILES string of the molecule is C[C@@](O)(C(=O)O)c1ccccc1. The number of hydrogen-bond acceptors (Lipinski definition) is 2. The molecule has 0 unspecified atom stereocenters. The van der Waals surface area contributed by atoms with Crippen LogP contribution in [0.4, 0.5) is 0 Å². The minimum atomic E-state index is -1.79. The second-order valence-electron chi connectivity index (χ2n) is 2.74. The maximum atomic E-state index is 10.6. The summed E-state index contributed by atoms with van der Waals surface area (Å²) in [4.78, 5) is 10.6. The Morgan fingerprint density at radius 2 is 1.83 bits per heavy atom. The normalized spacial score (nSPS) is 15.2. The van der Waals surface area contributed by atoms with Crippen LogP contribution in [0.3, 0.4) is 0 Å². The maximum absolute atomic E-state index is 10.6. The molecule has 0 saturated carbocycles. The van der Waals surface area contributed by atoms with Crippen molar-refractivity contribution in [3.8, 4) is 0 Å². The van der Waals surface area contributed by atoms with Crippen LogP contribution in [0.15, 0.2) is 30.3 Å². The summed E-state index contributed by atoms with van der Waals surface area (Å²) in [6, 6.07) is 8.29. The van der Waals surface area contributed by atoms with Gasteiger partial charge >= 0.3 is 5.97 Å². The number of hydrogen-bond donors (Lipinski definition) is 2. The third-order valence-electron chi connectivity index (χ3n) is 1.75. The highest BCUT2D eigenvalue weighted by molar-refractivity contribution is 5.78. The minimum Gasteiger partial charge on any atom is -0.479 e. The zero-order chi connectivity index (χ0) is 9.19. The molecule has 2 N–H and O–H groups in total. The molecule has 0 saturated heterocycles. The van der Waals surface area contributed by atoms with Gasteiger partial charge in [0.1, 0.15) is 0 Å². The summed E-state index contributed by atoms with van der Waals surface area (Å²) in [5, 5.41) is 18.1. The fourth-order valence-corrected chi connectivity index (χ4v) is 0.886. The van der Waals surface area contributed by atoms with E-state index >= 15 is 0 Å². The predicted octanol–water partition coefficient (Wildman–Crippen LogP) is 0.979. The molecule has 0 radical (unpaired) electrons. The molecular weight excluding hydrogens is 156 g/mol. The fraction of sp³-hybridized carbons (Fsp3) is 0.222. The van der Waals surface area contributed by atoms with Crippen LogP contribution in [-0.4, -0.2) is 16.2 Å². The predicted molar refractivity (Wildman–Crippen MR) is 43.6 cm³/mol. The third-order valence-corrected chi connectivity index (χ3v) is 1.75. The van der Waals surface area contributed by atoms with Gasteiger partial charge in [-0.2, -0.15) is 0 Å². The Morgan fingerprint density at radius 3 is 2.25 bits per heavy atom. The molecule has 0 bridgehead atoms. The molecule has 0 aliphatic heterocycles. The van der Waals surface area contributed by atoms with Gasteiger partial charge in [0.15, 0.2) is 5.60 Å². The van der Waals surface area contributed by atoms with E-state index in [2.05, 4.69) is 0 Å². The molecule has 64 valence electrons. The second-order valence-corrected chi connectivity index (χ2v) is 2.74. The average molecular weight is 166 g/mol. The Morgan fingerprint density at radius 1 is 1.33 bits per heavy atom. The molecule has 0 aliphatic carbocycles. The van der Waals surface area contributed by atoms with E-state index in [4.69, 9.17) is 5.11 Å². The molecule has 1 aromatic rings. The Bertz CT molecular complexity index is 277. The number of carboxylic acids is 1. The number of aliphatic carboxylic acids is 1. The molecule has 1 atom stereocenters. The average Bonchev–Trinajstić information content (AvgIpc) is 2.06. The number of carbonyl (C=O) groups is 1. The van der Waals surface area contributed by atoms with Crippen molar-refractivity contribution in [3.05, 3.63) is 35.9 Å². The van der Waals surface area contributed by atoms with Crippen LogP contribution in [0.1, 0.15) is 12.5 Å². The highest BCUT2D eigenvalue weighted by atomic mass is 16.4. The topological polar surface area (TPSA) is 57.5 Å². The van der Waals surface area contributed by atoms with Crippen LogP contribution in [0.5, 0.6) is 0 Å². The van der Waals surface area contributed by atoms with Crippen molar-refractivity contribution >= 4 is 5.97 Å². The number of aliphatic hydroxyl groups is 1. The highest BCUT2D eigenvalue weighted by Crippen LogP contribution is 2.19. The Kier molecular flexibility index (Phi) is 2.15. The summed E-state index contributed by atoms with van der Waals surface area (Å²) < 4.78 is 0. The number of benzene rings is 1. The van der Waals surface area contributed by atoms with Gasteiger partial charge in [-0.1, -0.05) is 30.3 Å². The molecule has 3 heteroatoms. The van der Waals surface area contributed by atoms with Gasteiger partial charge in [0.2, 0.25) is 0 Å². The van der Waals surface area contributed by atoms with Gasteiger partial charge in [0.25, 0.3) is 0 Å². The first-order valence-electron chi connectivity index (χ1n) is 3.56. The minimum absolute atomic E-state index is 0.387. The van der Waals surface area contributed by atoms with E-state index in [0.717, 1.165) is 0 Å². The maximum Gasteiger partial charge on any atom is 0.340 e. The van der Waals surface area contributed by atoms with Crippen molar-refractivity contribution in [1.29, 1.82) is 0 Å². The van der Waals surface area contributed by atoms with Gasteiger partial charge in [-0.25, -0.2) is 4.79 Å². The molecule has 12 heavy (non-hydrogen) atoms. The first kappa shape index (κ1) is 8.74. The second kappa shape index (κ2) is 2.95. The van der Waals surface area contributed by atoms with Crippen LogP contribution >= 0.6 is 0 Å². The molecule has 1 aromatic carbocycles. The van der Waals surface area contributed by atoms with E-state index < -0.39 is 11.6 Å². The smallest absolute Gasteiger partial charge is 0.340 e. The molecule has 3 nitrogen and oxygen atoms in total. The summed E-state index contributed by atoms with van der Waals surface area (Å²) in [6.07, 6.45) is 0. The van der Waals surface area contributed by atoms with E-state index in [0.29, 0.717) is 5.56 Å². The molecule has 0 amide bonds. The number of rotatable bonds is 2. The summed E-state index contributed by atoms with van der Waals surface area (Å²) >= 11 is 0. The zero-order valence-corrected chi connectivity index (χ0v) is 6.69. The first-order valence-corrected chi connectivity index (χ1v) is 3.56. The zero-order valence-electron chi connectivity index (χ0n) is 6.69. The van der Waals surface area contributed by atoms with Gasteiger partial charge in [0, 0.05) is 0 Å². The van der Waals surface area contributed by atoms with Crippen LogP contribution in [0.2, 0.25) is 0 Å². The summed E-state index contributed by atoms with van der Waals surface area (Å²) in [5.41, 5.74) is -1.40. The quantitative estimate of drug-likeness (QED) is 0.688. The van der Waals surface area contributed by atoms with E-state index in [-0.39, 0.29) is 0 Å². The summed E-state index contributed by atoms with van der Waals surface area (Å²) in [5.74, 6) is -1.24. The number of carboxylic acid groups (broad SMARTS) is 1. The fourth-order valence-electron chi connectivity index (χ4n) is 0.886. The van der Waals surface area contributed by atoms with Gasteiger partial charge in [-0.15, -0.1) is 0 Å². The van der Waals surface area contributed by atoms with Gasteiger partial charge in [0.05, 0.1) is 0 Å². The molecule has 0 aromatic heterocycles. The lowest BCUT2D eigenvalue weighted by atomic mass is 9.97. The lowest BCUT2D eigenvalue weighted by Crippen LogP contribution is -2.31. The van der Waals surface area contributed by atoms with Crippen molar-refractivity contribution in [2.24, 2.45) is 0 Å². The third kappa shape index (κ3) is 1.46. The Hall–Kier alpha value is -1.35. The van der Waals surface area contributed by atoms with Crippen molar-refractivity contribution in [2.75, 3.05) is 0 Å². The van der Waals surface area contributed by atoms with Crippen LogP contribution in [0, 0.1) is 0 Å². The van der Waals surface area contributed by atoms with Crippen molar-refractivity contribution in [3.63, 3.8) is 0 Å². The molecule has 0 heterocycles. The van der Waals surface area contributed by atoms with Crippen molar-refractivity contribution in [2.45, 2.75) is 12.5 Å². The lowest BCUT2D eigenvalue weighted by Gasteiger charge is -2.17. The monoisotopic (exact) mass is 166 g/mol. The summed E-state index contributed by atoms with van der Waals surface area (Å²) in [7, 11) is 0. The van der Waals surface area contributed by atoms with Gasteiger partial charge < -0.3 is 10.2 Å². The van der Waals surface area contributed by atoms with Gasteiger partial charge in [-0.3, -0.25) is 0 Å². The molecular formula is C9H10O3. The van der Waals surface area contributed by atoms with Crippen LogP contribution in [0.25, 0.3) is 0 Å². The lowest BCUT2D eigenvalue weighted by molar-refractivity contribution is -0.157. The van der Waals surface area contributed by atoms with E-state index in [9.17, 15) is 9.90 Å². The van der Waals surface area contributed by atoms with Crippen LogP contribution in [-0.2, 0) is 10.4 Å². The largest absolute Gasteiger partial charge is 0.479 e. The van der Waals surface area contributed by atoms with E-state index in [1.807, 2.05) is 0 Å². The van der Waals surface area contributed by atoms with Crippen molar-refractivity contribution in [1.82, 2.24) is 0 Å². The Labute approximate surface area is 70.3 Å². The molecule has 0 spiro atoms. The molecule has 0 aliphatic rings. The summed E-state index contributed by atoms with van der Waals surface area (Å²) in [6.45, 7) is 1.25. The van der Waals surface area contributed by atoms with Crippen molar-refractivity contribution < 1.29 is 15.0 Å². The molecule has 0 fully saturated rings. The highest BCUT2D eigenvalue weighted by Gasteiger charge is 2.31. The van der Waals surface area contributed by atoms with Crippen LogP contribution < -0.4 is 0 Å². The Balaban J connectivity index is 3.06. The first-order chi connectivity index (χ1) is 5.55. The van der Waals surface area contributed by atoms with E-state index in [1.165, 1.54) is 6.92 Å². The molecule has 1 rings (SSSR count). The van der Waals surface area contributed by atoms with E-state index in [1.54, 1.807) is 30.3 Å². The standard InChI is InChI=1S/C9H10O3/c1-9(12,8(10)11)7-5-3-2-4-6-7/h2-6,12H,1H3,(H,10,11)/t9-/m0/s1. The van der Waals surface area contributed by atoms with Gasteiger partial charge in [-0.05, 0) is 12.5 Å².